The van der Waals surface area contributed by atoms with Gasteiger partial charge in [0.05, 0.1) is 0 Å². The van der Waals surface area contributed by atoms with Crippen molar-refractivity contribution in [1.82, 2.24) is 10.2 Å². The molecule has 2 atom stereocenters. The lowest BCUT2D eigenvalue weighted by atomic mass is 10.1. The summed E-state index contributed by atoms with van der Waals surface area (Å²) in [5.41, 5.74) is 6.72. The van der Waals surface area contributed by atoms with E-state index in [0.717, 1.165) is 19.5 Å². The summed E-state index contributed by atoms with van der Waals surface area (Å²) in [6, 6.07) is 10.6. The fraction of sp³-hybridized carbons (Fsp3) is 0.588. The molecule has 3 N–H and O–H groups in total. The summed E-state index contributed by atoms with van der Waals surface area (Å²) in [5.74, 6) is 0. The van der Waals surface area contributed by atoms with Crippen LogP contribution in [0.2, 0.25) is 0 Å². The van der Waals surface area contributed by atoms with Crippen molar-refractivity contribution >= 4 is 6.09 Å². The van der Waals surface area contributed by atoms with Crippen molar-refractivity contribution in [3.63, 3.8) is 0 Å². The van der Waals surface area contributed by atoms with Crippen molar-refractivity contribution in [2.24, 2.45) is 5.73 Å². The molecule has 1 aliphatic heterocycles. The van der Waals surface area contributed by atoms with E-state index in [0.29, 0.717) is 6.54 Å². The molecule has 1 heterocycles. The maximum absolute atomic E-state index is 11.9. The average molecular weight is 305 g/mol. The molecule has 5 heteroatoms. The molecule has 1 aliphatic rings. The summed E-state index contributed by atoms with van der Waals surface area (Å²) in [6.07, 6.45) is 0.575. The summed E-state index contributed by atoms with van der Waals surface area (Å²) in [6.45, 7) is 7.91. The number of likely N-dealkylation sites (tertiary alicyclic amines) is 1. The van der Waals surface area contributed by atoms with Crippen LogP contribution >= 0.6 is 0 Å². The van der Waals surface area contributed by atoms with Crippen LogP contribution < -0.4 is 11.1 Å². The monoisotopic (exact) mass is 305 g/mol. The lowest BCUT2D eigenvalue weighted by molar-refractivity contribution is 0.0504. The Morgan fingerprint density at radius 3 is 2.68 bits per heavy atom. The molecule has 0 spiro atoms. The van der Waals surface area contributed by atoms with Crippen LogP contribution in [0.4, 0.5) is 4.79 Å². The topological polar surface area (TPSA) is 67.6 Å². The number of hydrogen-bond acceptors (Lipinski definition) is 4. The van der Waals surface area contributed by atoms with E-state index in [2.05, 4.69) is 22.3 Å². The van der Waals surface area contributed by atoms with Gasteiger partial charge in [0.25, 0.3) is 0 Å². The van der Waals surface area contributed by atoms with Crippen LogP contribution in [0.25, 0.3) is 0 Å². The minimum Gasteiger partial charge on any atom is -0.444 e. The first-order chi connectivity index (χ1) is 10.4. The van der Waals surface area contributed by atoms with Gasteiger partial charge in [-0.15, -0.1) is 0 Å². The number of alkyl carbamates (subject to hydrolysis) is 1. The van der Waals surface area contributed by atoms with Gasteiger partial charge in [-0.1, -0.05) is 30.3 Å². The van der Waals surface area contributed by atoms with Gasteiger partial charge in [-0.2, -0.15) is 0 Å². The van der Waals surface area contributed by atoms with Gasteiger partial charge >= 0.3 is 6.09 Å². The van der Waals surface area contributed by atoms with Crippen LogP contribution in [-0.4, -0.2) is 42.3 Å². The first-order valence-electron chi connectivity index (χ1n) is 7.87. The fourth-order valence-electron chi connectivity index (χ4n) is 2.83. The predicted octanol–water partition coefficient (Wildman–Crippen LogP) is 2.29. The second-order valence-electron chi connectivity index (χ2n) is 6.79. The van der Waals surface area contributed by atoms with Gasteiger partial charge in [-0.25, -0.2) is 4.79 Å². The number of amides is 1. The van der Waals surface area contributed by atoms with Crippen molar-refractivity contribution < 1.29 is 9.53 Å². The molecule has 1 amide bonds. The molecule has 22 heavy (non-hydrogen) atoms. The number of nitrogens with zero attached hydrogens (tertiary/aromatic N) is 1. The lowest BCUT2D eigenvalue weighted by Crippen LogP contribution is -2.41. The number of ether oxygens (including phenoxy) is 1. The number of rotatable bonds is 4. The third-order valence-corrected chi connectivity index (χ3v) is 3.79. The van der Waals surface area contributed by atoms with Gasteiger partial charge in [0.1, 0.15) is 5.60 Å². The molecule has 0 bridgehead atoms. The van der Waals surface area contributed by atoms with Crippen LogP contribution in [-0.2, 0) is 4.74 Å². The number of nitrogens with one attached hydrogen (secondary N) is 1. The van der Waals surface area contributed by atoms with Crippen molar-refractivity contribution in [1.29, 1.82) is 0 Å². The molecule has 2 rings (SSSR count). The second kappa shape index (κ2) is 7.11. The SMILES string of the molecule is CC(C)(C)OC(=O)N[C@H]1CCN([C@H](CN)c2ccccc2)C1. The van der Waals surface area contributed by atoms with E-state index in [1.54, 1.807) is 0 Å². The molecule has 0 unspecified atom stereocenters. The van der Waals surface area contributed by atoms with E-state index in [4.69, 9.17) is 10.5 Å². The normalized spacial score (nSPS) is 20.6. The van der Waals surface area contributed by atoms with Crippen molar-refractivity contribution in [2.75, 3.05) is 19.6 Å². The maximum Gasteiger partial charge on any atom is 0.407 e. The Morgan fingerprint density at radius 2 is 2.09 bits per heavy atom. The molecule has 0 aliphatic carbocycles. The number of benzene rings is 1. The van der Waals surface area contributed by atoms with Gasteiger partial charge in [-0.3, -0.25) is 4.90 Å². The molecule has 122 valence electrons. The minimum atomic E-state index is -0.466. The summed E-state index contributed by atoms with van der Waals surface area (Å²) < 4.78 is 5.31. The molecule has 5 nitrogen and oxygen atoms in total. The Hall–Kier alpha value is -1.59. The smallest absolute Gasteiger partial charge is 0.407 e. The zero-order valence-corrected chi connectivity index (χ0v) is 13.7. The summed E-state index contributed by atoms with van der Waals surface area (Å²) >= 11 is 0. The van der Waals surface area contributed by atoms with Gasteiger partial charge in [0, 0.05) is 31.7 Å². The third kappa shape index (κ3) is 4.71. The summed E-state index contributed by atoms with van der Waals surface area (Å²) in [7, 11) is 0. The summed E-state index contributed by atoms with van der Waals surface area (Å²) in [4.78, 5) is 14.2. The molecule has 0 saturated carbocycles. The van der Waals surface area contributed by atoms with Crippen molar-refractivity contribution in [3.8, 4) is 0 Å². The maximum atomic E-state index is 11.9. The molecular formula is C17H27N3O2. The molecule has 1 aromatic carbocycles. The highest BCUT2D eigenvalue weighted by atomic mass is 16.6. The van der Waals surface area contributed by atoms with Gasteiger partial charge < -0.3 is 15.8 Å². The average Bonchev–Trinajstić information content (AvgIpc) is 2.87. The van der Waals surface area contributed by atoms with Gasteiger partial charge in [0.15, 0.2) is 0 Å². The molecular weight excluding hydrogens is 278 g/mol. The zero-order chi connectivity index (χ0) is 16.2. The number of carbonyl (C=O) groups excluding carboxylic acids is 1. The van der Waals surface area contributed by atoms with Gasteiger partial charge in [-0.05, 0) is 32.8 Å². The van der Waals surface area contributed by atoms with E-state index >= 15 is 0 Å². The Morgan fingerprint density at radius 1 is 1.41 bits per heavy atom. The Labute approximate surface area is 132 Å². The first kappa shape index (κ1) is 16.8. The Bertz CT molecular complexity index is 484. The molecule has 1 aromatic rings. The third-order valence-electron chi connectivity index (χ3n) is 3.79. The highest BCUT2D eigenvalue weighted by molar-refractivity contribution is 5.68. The standard InChI is InChI=1S/C17H27N3O2/c1-17(2,3)22-16(21)19-14-9-10-20(12-14)15(11-18)13-7-5-4-6-8-13/h4-8,14-15H,9-12,18H2,1-3H3,(H,19,21)/t14-,15+/m0/s1. The van der Waals surface area contributed by atoms with E-state index in [9.17, 15) is 4.79 Å². The first-order valence-corrected chi connectivity index (χ1v) is 7.87. The van der Waals surface area contributed by atoms with Crippen LogP contribution in [0, 0.1) is 0 Å². The molecule has 0 aromatic heterocycles. The quantitative estimate of drug-likeness (QED) is 0.895. The van der Waals surface area contributed by atoms with E-state index in [-0.39, 0.29) is 18.2 Å². The lowest BCUT2D eigenvalue weighted by Gasteiger charge is -2.27. The largest absolute Gasteiger partial charge is 0.444 e. The van der Waals surface area contributed by atoms with Crippen molar-refractivity contribution in [2.45, 2.75) is 44.9 Å². The predicted molar refractivity (Wildman–Crippen MR) is 87.6 cm³/mol. The van der Waals surface area contributed by atoms with E-state index in [1.165, 1.54) is 5.56 Å². The molecule has 1 fully saturated rings. The Balaban J connectivity index is 1.90. The second-order valence-corrected chi connectivity index (χ2v) is 6.79. The van der Waals surface area contributed by atoms with E-state index in [1.807, 2.05) is 39.0 Å². The van der Waals surface area contributed by atoms with Crippen LogP contribution in [0.1, 0.15) is 38.8 Å². The van der Waals surface area contributed by atoms with Crippen molar-refractivity contribution in [3.05, 3.63) is 35.9 Å². The zero-order valence-electron chi connectivity index (χ0n) is 13.7. The number of hydrogen-bond donors (Lipinski definition) is 2. The highest BCUT2D eigenvalue weighted by Gasteiger charge is 2.30. The minimum absolute atomic E-state index is 0.118. The van der Waals surface area contributed by atoms with Crippen LogP contribution in [0.15, 0.2) is 30.3 Å². The number of carbonyl (C=O) groups is 1. The number of nitrogens with two attached hydrogens (primary N) is 1. The highest BCUT2D eigenvalue weighted by Crippen LogP contribution is 2.24. The molecule has 1 saturated heterocycles. The molecule has 0 radical (unpaired) electrons. The van der Waals surface area contributed by atoms with Crippen LogP contribution in [0.3, 0.4) is 0 Å². The van der Waals surface area contributed by atoms with Gasteiger partial charge in [0.2, 0.25) is 0 Å². The van der Waals surface area contributed by atoms with E-state index < -0.39 is 5.60 Å². The fourth-order valence-corrected chi connectivity index (χ4v) is 2.83. The van der Waals surface area contributed by atoms with Crippen LogP contribution in [0.5, 0.6) is 0 Å². The summed E-state index contributed by atoms with van der Waals surface area (Å²) in [5, 5.41) is 2.95. The Kier molecular flexibility index (Phi) is 5.42.